The predicted molar refractivity (Wildman–Crippen MR) is 98.3 cm³/mol. The van der Waals surface area contributed by atoms with Gasteiger partial charge in [-0.1, -0.05) is 18.2 Å². The number of amides is 1. The number of benzene rings is 1. The molecule has 0 fully saturated rings. The van der Waals surface area contributed by atoms with Crippen LogP contribution in [0.2, 0.25) is 0 Å². The molecule has 1 aromatic carbocycles. The zero-order valence-electron chi connectivity index (χ0n) is 14.6. The lowest BCUT2D eigenvalue weighted by atomic mass is 9.97. The van der Waals surface area contributed by atoms with Crippen LogP contribution >= 0.6 is 0 Å². The molecule has 3 aromatic rings. The van der Waals surface area contributed by atoms with Crippen LogP contribution in [0.3, 0.4) is 0 Å². The summed E-state index contributed by atoms with van der Waals surface area (Å²) in [5.41, 5.74) is 3.90. The zero-order chi connectivity index (χ0) is 17.5. The average molecular weight is 347 g/mol. The zero-order valence-corrected chi connectivity index (χ0v) is 14.6. The minimum absolute atomic E-state index is 0.0174. The van der Waals surface area contributed by atoms with Crippen molar-refractivity contribution in [1.29, 1.82) is 0 Å². The minimum Gasteiger partial charge on any atom is -0.305 e. The van der Waals surface area contributed by atoms with Gasteiger partial charge in [0.2, 0.25) is 0 Å². The summed E-state index contributed by atoms with van der Waals surface area (Å²) >= 11 is 0. The molecule has 0 saturated heterocycles. The fraction of sp³-hybridized carbons (Fsp3) is 0.350. The quantitative estimate of drug-likeness (QED) is 0.716. The lowest BCUT2D eigenvalue weighted by molar-refractivity contribution is 0.0974. The van der Waals surface area contributed by atoms with Crippen LogP contribution in [-0.2, 0) is 19.4 Å². The van der Waals surface area contributed by atoms with Crippen molar-refractivity contribution in [2.75, 3.05) is 11.4 Å². The van der Waals surface area contributed by atoms with Crippen molar-refractivity contribution in [2.45, 2.75) is 38.3 Å². The van der Waals surface area contributed by atoms with Crippen molar-refractivity contribution in [1.82, 2.24) is 19.6 Å². The van der Waals surface area contributed by atoms with E-state index in [0.29, 0.717) is 12.2 Å². The Balaban J connectivity index is 1.51. The van der Waals surface area contributed by atoms with Gasteiger partial charge in [-0.3, -0.25) is 14.2 Å². The van der Waals surface area contributed by atoms with E-state index in [2.05, 4.69) is 16.3 Å². The van der Waals surface area contributed by atoms with Gasteiger partial charge < -0.3 is 4.90 Å². The Morgan fingerprint density at radius 3 is 2.92 bits per heavy atom. The predicted octanol–water partition coefficient (Wildman–Crippen LogP) is 2.86. The van der Waals surface area contributed by atoms with Gasteiger partial charge >= 0.3 is 0 Å². The SMILES string of the molecule is O=C(c1cc2n(n1)CCCC2)N1CC(n2cccn2)Cc2ccccc21. The molecule has 132 valence electrons. The maximum absolute atomic E-state index is 13.3. The van der Waals surface area contributed by atoms with Gasteiger partial charge in [-0.25, -0.2) is 0 Å². The van der Waals surface area contributed by atoms with Crippen LogP contribution in [0.15, 0.2) is 48.8 Å². The Morgan fingerprint density at radius 2 is 2.08 bits per heavy atom. The maximum atomic E-state index is 13.3. The van der Waals surface area contributed by atoms with Gasteiger partial charge in [0.15, 0.2) is 5.69 Å². The number of rotatable bonds is 2. The molecule has 1 atom stereocenters. The monoisotopic (exact) mass is 347 g/mol. The molecule has 2 aromatic heterocycles. The second kappa shape index (κ2) is 6.12. The first-order valence-corrected chi connectivity index (χ1v) is 9.25. The van der Waals surface area contributed by atoms with E-state index < -0.39 is 0 Å². The molecule has 0 bridgehead atoms. The van der Waals surface area contributed by atoms with Crippen LogP contribution in [0.5, 0.6) is 0 Å². The summed E-state index contributed by atoms with van der Waals surface area (Å²) < 4.78 is 3.95. The third kappa shape index (κ3) is 2.53. The Labute approximate surface area is 152 Å². The van der Waals surface area contributed by atoms with Crippen LogP contribution in [0, 0.1) is 0 Å². The molecule has 1 unspecified atom stereocenters. The summed E-state index contributed by atoms with van der Waals surface area (Å²) in [7, 11) is 0. The molecule has 5 rings (SSSR count). The van der Waals surface area contributed by atoms with Crippen molar-refractivity contribution in [3.8, 4) is 0 Å². The van der Waals surface area contributed by atoms with Crippen LogP contribution in [0.25, 0.3) is 0 Å². The van der Waals surface area contributed by atoms with Gasteiger partial charge in [0, 0.05) is 36.9 Å². The van der Waals surface area contributed by atoms with Gasteiger partial charge in [0.1, 0.15) is 0 Å². The van der Waals surface area contributed by atoms with E-state index in [9.17, 15) is 4.79 Å². The number of aromatic nitrogens is 4. The molecule has 2 aliphatic heterocycles. The van der Waals surface area contributed by atoms with Crippen molar-refractivity contribution < 1.29 is 4.79 Å². The Morgan fingerprint density at radius 1 is 1.15 bits per heavy atom. The van der Waals surface area contributed by atoms with Gasteiger partial charge in [-0.05, 0) is 49.4 Å². The maximum Gasteiger partial charge on any atom is 0.278 e. The molecule has 26 heavy (non-hydrogen) atoms. The molecular formula is C20H21N5O. The molecule has 0 radical (unpaired) electrons. The second-order valence-electron chi connectivity index (χ2n) is 7.09. The first-order chi connectivity index (χ1) is 12.8. The highest BCUT2D eigenvalue weighted by atomic mass is 16.2. The first kappa shape index (κ1) is 15.4. The van der Waals surface area contributed by atoms with Crippen molar-refractivity contribution in [3.05, 3.63) is 65.7 Å². The summed E-state index contributed by atoms with van der Waals surface area (Å²) in [6.07, 6.45) is 7.95. The highest BCUT2D eigenvalue weighted by Gasteiger charge is 2.31. The molecule has 1 amide bonds. The van der Waals surface area contributed by atoms with Crippen molar-refractivity contribution in [3.63, 3.8) is 0 Å². The third-order valence-corrected chi connectivity index (χ3v) is 5.41. The molecule has 6 nitrogen and oxygen atoms in total. The van der Waals surface area contributed by atoms with E-state index >= 15 is 0 Å². The third-order valence-electron chi connectivity index (χ3n) is 5.41. The van der Waals surface area contributed by atoms with Crippen LogP contribution in [0.1, 0.15) is 40.6 Å². The van der Waals surface area contributed by atoms with Crippen LogP contribution < -0.4 is 4.90 Å². The van der Waals surface area contributed by atoms with Crippen molar-refractivity contribution >= 4 is 11.6 Å². The van der Waals surface area contributed by atoms with Crippen molar-refractivity contribution in [2.24, 2.45) is 0 Å². The van der Waals surface area contributed by atoms with E-state index in [1.165, 1.54) is 17.7 Å². The van der Waals surface area contributed by atoms with E-state index in [4.69, 9.17) is 0 Å². The van der Waals surface area contributed by atoms with E-state index in [1.807, 2.05) is 50.8 Å². The molecule has 2 aliphatic rings. The Bertz CT molecular complexity index is 920. The summed E-state index contributed by atoms with van der Waals surface area (Å²) in [6.45, 7) is 1.52. The summed E-state index contributed by atoms with van der Waals surface area (Å²) in [5, 5.41) is 8.98. The number of fused-ring (bicyclic) bond motifs is 2. The highest BCUT2D eigenvalue weighted by molar-refractivity contribution is 6.05. The minimum atomic E-state index is -0.0174. The normalized spacial score (nSPS) is 19.1. The number of para-hydroxylation sites is 1. The summed E-state index contributed by atoms with van der Waals surface area (Å²) in [5.74, 6) is -0.0174. The highest BCUT2D eigenvalue weighted by Crippen LogP contribution is 2.32. The van der Waals surface area contributed by atoms with Crippen LogP contribution in [0.4, 0.5) is 5.69 Å². The first-order valence-electron chi connectivity index (χ1n) is 9.25. The van der Waals surface area contributed by atoms with Gasteiger partial charge in [0.05, 0.1) is 6.04 Å². The largest absolute Gasteiger partial charge is 0.305 e. The average Bonchev–Trinajstić information content (AvgIpc) is 3.36. The molecule has 0 aliphatic carbocycles. The summed E-state index contributed by atoms with van der Waals surface area (Å²) in [4.78, 5) is 15.2. The number of nitrogens with zero attached hydrogens (tertiary/aromatic N) is 5. The number of hydrogen-bond donors (Lipinski definition) is 0. The second-order valence-corrected chi connectivity index (χ2v) is 7.09. The summed E-state index contributed by atoms with van der Waals surface area (Å²) in [6, 6.07) is 12.2. The lowest BCUT2D eigenvalue weighted by Gasteiger charge is -2.34. The molecular weight excluding hydrogens is 326 g/mol. The Hall–Kier alpha value is -2.89. The number of carbonyl (C=O) groups is 1. The van der Waals surface area contributed by atoms with E-state index in [-0.39, 0.29) is 11.9 Å². The van der Waals surface area contributed by atoms with Gasteiger partial charge in [-0.2, -0.15) is 10.2 Å². The number of hydrogen-bond acceptors (Lipinski definition) is 3. The van der Waals surface area contributed by atoms with E-state index in [0.717, 1.165) is 31.5 Å². The molecule has 6 heteroatoms. The number of anilines is 1. The lowest BCUT2D eigenvalue weighted by Crippen LogP contribution is -2.41. The molecule has 0 spiro atoms. The van der Waals surface area contributed by atoms with Gasteiger partial charge in [0.25, 0.3) is 5.91 Å². The smallest absolute Gasteiger partial charge is 0.278 e. The molecule has 0 N–H and O–H groups in total. The standard InChI is InChI=1S/C20H21N5O/c26-20(18-13-16-7-3-4-10-25(16)22-18)23-14-17(24-11-5-9-21-24)12-15-6-1-2-8-19(15)23/h1-2,5-6,8-9,11,13,17H,3-4,7,10,12,14H2. The van der Waals surface area contributed by atoms with Crippen LogP contribution in [-0.4, -0.2) is 32.0 Å². The fourth-order valence-corrected chi connectivity index (χ4v) is 4.10. The number of aryl methyl sites for hydroxylation is 2. The van der Waals surface area contributed by atoms with Gasteiger partial charge in [-0.15, -0.1) is 0 Å². The number of carbonyl (C=O) groups excluding carboxylic acids is 1. The molecule has 4 heterocycles. The Kier molecular flexibility index (Phi) is 3.62. The topological polar surface area (TPSA) is 56.0 Å². The van der Waals surface area contributed by atoms with E-state index in [1.54, 1.807) is 6.20 Å². The molecule has 0 saturated carbocycles. The fourth-order valence-electron chi connectivity index (χ4n) is 4.10.